The van der Waals surface area contributed by atoms with Gasteiger partial charge in [-0.2, -0.15) is 0 Å². The lowest BCUT2D eigenvalue weighted by Crippen LogP contribution is -2.40. The van der Waals surface area contributed by atoms with Crippen molar-refractivity contribution in [1.29, 1.82) is 0 Å². The number of ether oxygens (including phenoxy) is 2. The number of nitrogens with zero attached hydrogens (tertiary/aromatic N) is 3. The number of allylic oxidation sites excluding steroid dienone is 1. The van der Waals surface area contributed by atoms with Gasteiger partial charge in [-0.25, -0.2) is 9.79 Å². The zero-order valence-corrected chi connectivity index (χ0v) is 19.8. The van der Waals surface area contributed by atoms with Crippen molar-refractivity contribution >= 4 is 23.4 Å². The van der Waals surface area contributed by atoms with Crippen LogP contribution in [0.4, 0.5) is 0 Å². The third-order valence-electron chi connectivity index (χ3n) is 5.10. The van der Waals surface area contributed by atoms with E-state index in [1.165, 1.54) is 11.3 Å². The van der Waals surface area contributed by atoms with E-state index in [1.807, 2.05) is 56.3 Å². The fourth-order valence-corrected chi connectivity index (χ4v) is 4.81. The molecule has 0 saturated heterocycles. The Morgan fingerprint density at radius 2 is 1.94 bits per heavy atom. The number of fused-ring (bicyclic) bond motifs is 1. The third-order valence-corrected chi connectivity index (χ3v) is 6.08. The summed E-state index contributed by atoms with van der Waals surface area (Å²) >= 11 is 1.29. The molecule has 1 aromatic carbocycles. The molecule has 2 aromatic heterocycles. The Hall–Kier alpha value is -3.52. The Balaban J connectivity index is 1.99. The molecule has 1 aliphatic rings. The highest BCUT2D eigenvalue weighted by Crippen LogP contribution is 2.36. The van der Waals surface area contributed by atoms with E-state index < -0.39 is 12.0 Å². The number of carbonyl (C=O) groups excluding carboxylic acids is 1. The fraction of sp³-hybridized carbons (Fsp3) is 0.280. The minimum atomic E-state index is -0.713. The molecule has 0 aliphatic carbocycles. The maximum absolute atomic E-state index is 13.6. The first-order valence-corrected chi connectivity index (χ1v) is 11.6. The Morgan fingerprint density at radius 1 is 1.21 bits per heavy atom. The molecule has 0 saturated carbocycles. The van der Waals surface area contributed by atoms with Crippen LogP contribution in [0.15, 0.2) is 69.8 Å². The summed E-state index contributed by atoms with van der Waals surface area (Å²) in [5, 5.41) is 0. The monoisotopic (exact) mass is 463 g/mol. The second-order valence-electron chi connectivity index (χ2n) is 7.79. The molecule has 7 nitrogen and oxygen atoms in total. The Morgan fingerprint density at radius 3 is 2.64 bits per heavy atom. The van der Waals surface area contributed by atoms with E-state index in [0.717, 1.165) is 5.56 Å². The number of benzene rings is 1. The molecule has 0 fully saturated rings. The van der Waals surface area contributed by atoms with Gasteiger partial charge in [0.15, 0.2) is 4.80 Å². The molecule has 1 atom stereocenters. The van der Waals surface area contributed by atoms with E-state index in [1.54, 1.807) is 30.8 Å². The second-order valence-corrected chi connectivity index (χ2v) is 8.80. The van der Waals surface area contributed by atoms with Gasteiger partial charge in [0.05, 0.1) is 28.5 Å². The van der Waals surface area contributed by atoms with Crippen LogP contribution >= 0.6 is 11.3 Å². The van der Waals surface area contributed by atoms with Crippen LogP contribution in [0.3, 0.4) is 0 Å². The summed E-state index contributed by atoms with van der Waals surface area (Å²) in [5.41, 5.74) is 2.19. The predicted molar refractivity (Wildman–Crippen MR) is 127 cm³/mol. The van der Waals surface area contributed by atoms with Crippen molar-refractivity contribution in [3.8, 4) is 5.75 Å². The number of para-hydroxylation sites is 1. The van der Waals surface area contributed by atoms with E-state index in [0.29, 0.717) is 31.9 Å². The van der Waals surface area contributed by atoms with E-state index in [4.69, 9.17) is 9.47 Å². The summed E-state index contributed by atoms with van der Waals surface area (Å²) in [7, 11) is 0. The van der Waals surface area contributed by atoms with Crippen molar-refractivity contribution in [3.05, 3.63) is 90.9 Å². The number of pyridine rings is 1. The molecule has 33 heavy (non-hydrogen) atoms. The molecule has 1 aliphatic heterocycles. The van der Waals surface area contributed by atoms with Crippen LogP contribution in [0, 0.1) is 0 Å². The quantitative estimate of drug-likeness (QED) is 0.525. The molecule has 8 heteroatoms. The molecule has 0 spiro atoms. The highest BCUT2D eigenvalue weighted by molar-refractivity contribution is 7.07. The smallest absolute Gasteiger partial charge is 0.338 e. The van der Waals surface area contributed by atoms with Crippen LogP contribution in [0.2, 0.25) is 0 Å². The maximum Gasteiger partial charge on any atom is 0.338 e. The molecule has 3 aromatic rings. The van der Waals surface area contributed by atoms with E-state index in [2.05, 4.69) is 9.98 Å². The second kappa shape index (κ2) is 9.54. The van der Waals surface area contributed by atoms with Gasteiger partial charge in [-0.15, -0.1) is 0 Å². The molecular weight excluding hydrogens is 438 g/mol. The van der Waals surface area contributed by atoms with Crippen LogP contribution in [-0.4, -0.2) is 28.2 Å². The SMILES string of the molecule is CCOC(=O)C1=C(C)N=c2s/c(=C/c3ccncc3)c(=O)n2[C@H]1c1ccccc1OC(C)C. The minimum Gasteiger partial charge on any atom is -0.491 e. The van der Waals surface area contributed by atoms with Crippen molar-refractivity contribution < 1.29 is 14.3 Å². The molecule has 0 radical (unpaired) electrons. The first-order valence-electron chi connectivity index (χ1n) is 10.8. The fourth-order valence-electron chi connectivity index (χ4n) is 3.76. The Kier molecular flexibility index (Phi) is 6.55. The number of thiazole rings is 1. The number of rotatable bonds is 6. The van der Waals surface area contributed by atoms with Gasteiger partial charge in [-0.05, 0) is 57.5 Å². The van der Waals surface area contributed by atoms with Crippen molar-refractivity contribution in [2.45, 2.75) is 39.8 Å². The van der Waals surface area contributed by atoms with Gasteiger partial charge >= 0.3 is 5.97 Å². The third kappa shape index (κ3) is 4.52. The predicted octanol–water partition coefficient (Wildman–Crippen LogP) is 2.98. The summed E-state index contributed by atoms with van der Waals surface area (Å²) in [6.45, 7) is 7.61. The molecule has 170 valence electrons. The highest BCUT2D eigenvalue weighted by Gasteiger charge is 2.35. The largest absolute Gasteiger partial charge is 0.491 e. The first kappa shape index (κ1) is 22.7. The van der Waals surface area contributed by atoms with Crippen LogP contribution in [0.25, 0.3) is 6.08 Å². The van der Waals surface area contributed by atoms with E-state index in [-0.39, 0.29) is 18.3 Å². The molecule has 0 amide bonds. The lowest BCUT2D eigenvalue weighted by molar-refractivity contribution is -0.139. The van der Waals surface area contributed by atoms with Crippen molar-refractivity contribution in [1.82, 2.24) is 9.55 Å². The number of aromatic nitrogens is 2. The lowest BCUT2D eigenvalue weighted by Gasteiger charge is -2.26. The van der Waals surface area contributed by atoms with E-state index >= 15 is 0 Å². The molecule has 0 bridgehead atoms. The number of esters is 1. The van der Waals surface area contributed by atoms with Gasteiger partial charge in [0.1, 0.15) is 11.8 Å². The number of carbonyl (C=O) groups is 1. The average Bonchev–Trinajstić information content (AvgIpc) is 3.08. The van der Waals surface area contributed by atoms with E-state index in [9.17, 15) is 9.59 Å². The average molecular weight is 464 g/mol. The molecule has 3 heterocycles. The normalized spacial score (nSPS) is 15.9. The summed E-state index contributed by atoms with van der Waals surface area (Å²) in [6.07, 6.45) is 5.08. The number of hydrogen-bond acceptors (Lipinski definition) is 7. The van der Waals surface area contributed by atoms with Crippen molar-refractivity contribution in [2.24, 2.45) is 4.99 Å². The van der Waals surface area contributed by atoms with Crippen LogP contribution in [0.5, 0.6) is 5.75 Å². The zero-order chi connectivity index (χ0) is 23.5. The topological polar surface area (TPSA) is 82.8 Å². The highest BCUT2D eigenvalue weighted by atomic mass is 32.1. The van der Waals surface area contributed by atoms with Gasteiger partial charge < -0.3 is 9.47 Å². The zero-order valence-electron chi connectivity index (χ0n) is 18.9. The summed E-state index contributed by atoms with van der Waals surface area (Å²) in [6, 6.07) is 10.4. The van der Waals surface area contributed by atoms with Crippen molar-refractivity contribution in [2.75, 3.05) is 6.61 Å². The molecule has 0 unspecified atom stereocenters. The summed E-state index contributed by atoms with van der Waals surface area (Å²) in [4.78, 5) is 35.8. The Bertz CT molecular complexity index is 1390. The maximum atomic E-state index is 13.6. The van der Waals surface area contributed by atoms with Crippen LogP contribution in [-0.2, 0) is 9.53 Å². The van der Waals surface area contributed by atoms with Crippen LogP contribution in [0.1, 0.15) is 44.9 Å². The summed E-state index contributed by atoms with van der Waals surface area (Å²) in [5.74, 6) is 0.115. The van der Waals surface area contributed by atoms with Gasteiger partial charge in [0, 0.05) is 18.0 Å². The van der Waals surface area contributed by atoms with Gasteiger partial charge in [-0.3, -0.25) is 14.3 Å². The van der Waals surface area contributed by atoms with Gasteiger partial charge in [0.25, 0.3) is 5.56 Å². The molecular formula is C25H25N3O4S. The molecule has 0 N–H and O–H groups in total. The molecule has 4 rings (SSSR count). The van der Waals surface area contributed by atoms with Gasteiger partial charge in [-0.1, -0.05) is 29.5 Å². The first-order chi connectivity index (χ1) is 15.9. The minimum absolute atomic E-state index is 0.0789. The summed E-state index contributed by atoms with van der Waals surface area (Å²) < 4.78 is 13.5. The van der Waals surface area contributed by atoms with Gasteiger partial charge in [0.2, 0.25) is 0 Å². The lowest BCUT2D eigenvalue weighted by atomic mass is 9.95. The van der Waals surface area contributed by atoms with Crippen LogP contribution < -0.4 is 19.6 Å². The number of hydrogen-bond donors (Lipinski definition) is 0. The Labute approximate surface area is 195 Å². The van der Waals surface area contributed by atoms with Crippen molar-refractivity contribution in [3.63, 3.8) is 0 Å². The standard InChI is InChI=1S/C25H25N3O4S/c1-5-31-24(30)21-16(4)27-25-28(22(21)18-8-6-7-9-19(18)32-15(2)3)23(29)20(33-25)14-17-10-12-26-13-11-17/h6-15,22H,5H2,1-4H3/b20-14+/t22-/m0/s1.